The van der Waals surface area contributed by atoms with Crippen LogP contribution in [0.25, 0.3) is 0 Å². The lowest BCUT2D eigenvalue weighted by Crippen LogP contribution is -2.59. The molecule has 0 radical (unpaired) electrons. The van der Waals surface area contributed by atoms with Crippen molar-refractivity contribution in [2.75, 3.05) is 6.61 Å². The normalized spacial score (nSPS) is 60.9. The fourth-order valence-electron chi connectivity index (χ4n) is 10.0. The molecule has 4 nitrogen and oxygen atoms in total. The molecular formula is C27H42O4. The molecule has 31 heavy (non-hydrogen) atoms. The first-order chi connectivity index (χ1) is 14.7. The summed E-state index contributed by atoms with van der Waals surface area (Å²) in [5, 5.41) is 11.8. The van der Waals surface area contributed by atoms with Crippen LogP contribution in [0.1, 0.15) is 85.5 Å². The van der Waals surface area contributed by atoms with Gasteiger partial charge >= 0.3 is 0 Å². The van der Waals surface area contributed by atoms with E-state index in [4.69, 9.17) is 9.47 Å². The summed E-state index contributed by atoms with van der Waals surface area (Å²) in [6, 6.07) is 0. The fourth-order valence-corrected chi connectivity index (χ4v) is 10.0. The lowest BCUT2D eigenvalue weighted by atomic mass is 9.43. The predicted octanol–water partition coefficient (Wildman–Crippen LogP) is 4.97. The monoisotopic (exact) mass is 430 g/mol. The molecule has 174 valence electrons. The summed E-state index contributed by atoms with van der Waals surface area (Å²) in [5.74, 6) is 3.69. The first kappa shape index (κ1) is 21.1. The van der Waals surface area contributed by atoms with E-state index >= 15 is 0 Å². The van der Waals surface area contributed by atoms with Gasteiger partial charge in [0, 0.05) is 36.5 Å². The molecule has 4 heteroatoms. The van der Waals surface area contributed by atoms with E-state index in [-0.39, 0.29) is 23.0 Å². The van der Waals surface area contributed by atoms with Crippen molar-refractivity contribution in [1.82, 2.24) is 0 Å². The quantitative estimate of drug-likeness (QED) is 0.589. The van der Waals surface area contributed by atoms with Crippen LogP contribution in [0.3, 0.4) is 0 Å². The van der Waals surface area contributed by atoms with E-state index in [1.54, 1.807) is 0 Å². The Morgan fingerprint density at radius 1 is 1.03 bits per heavy atom. The smallest absolute Gasteiger partial charge is 0.171 e. The van der Waals surface area contributed by atoms with Crippen LogP contribution in [0, 0.1) is 52.3 Å². The van der Waals surface area contributed by atoms with Crippen LogP contribution in [0.15, 0.2) is 0 Å². The summed E-state index contributed by atoms with van der Waals surface area (Å²) in [6.07, 6.45) is 9.12. The number of aliphatic hydroxyl groups is 1. The number of hydrogen-bond donors (Lipinski definition) is 1. The minimum Gasteiger partial charge on any atom is -0.393 e. The van der Waals surface area contributed by atoms with Crippen LogP contribution >= 0.6 is 0 Å². The van der Waals surface area contributed by atoms with E-state index in [1.807, 2.05) is 0 Å². The zero-order valence-corrected chi connectivity index (χ0v) is 19.9. The van der Waals surface area contributed by atoms with Crippen LogP contribution in [-0.4, -0.2) is 35.5 Å². The Hall–Kier alpha value is -0.450. The number of fused-ring (bicyclic) bond motifs is 7. The lowest BCUT2D eigenvalue weighted by Gasteiger charge is -2.62. The van der Waals surface area contributed by atoms with Gasteiger partial charge in [-0.2, -0.15) is 0 Å². The highest BCUT2D eigenvalue weighted by Gasteiger charge is 2.71. The average molecular weight is 431 g/mol. The van der Waals surface area contributed by atoms with Gasteiger partial charge in [-0.05, 0) is 73.5 Å². The van der Waals surface area contributed by atoms with Crippen molar-refractivity contribution in [3.8, 4) is 0 Å². The second kappa shape index (κ2) is 6.79. The van der Waals surface area contributed by atoms with Gasteiger partial charge in [0.05, 0.1) is 18.8 Å². The first-order valence-corrected chi connectivity index (χ1v) is 13.2. The Morgan fingerprint density at radius 2 is 1.84 bits per heavy atom. The number of ketones is 1. The van der Waals surface area contributed by atoms with Gasteiger partial charge in [0.1, 0.15) is 5.78 Å². The van der Waals surface area contributed by atoms with Gasteiger partial charge in [0.2, 0.25) is 0 Å². The highest BCUT2D eigenvalue weighted by Crippen LogP contribution is 2.71. The Morgan fingerprint density at radius 3 is 2.58 bits per heavy atom. The lowest BCUT2D eigenvalue weighted by molar-refractivity contribution is -0.274. The van der Waals surface area contributed by atoms with E-state index in [9.17, 15) is 9.90 Å². The maximum Gasteiger partial charge on any atom is 0.171 e. The van der Waals surface area contributed by atoms with E-state index in [0.29, 0.717) is 47.2 Å². The number of ether oxygens (including phenoxy) is 2. The number of hydrogen-bond acceptors (Lipinski definition) is 4. The zero-order chi connectivity index (χ0) is 21.8. The summed E-state index contributed by atoms with van der Waals surface area (Å²) < 4.78 is 13.2. The average Bonchev–Trinajstić information content (AvgIpc) is 3.18. The molecule has 2 heterocycles. The summed E-state index contributed by atoms with van der Waals surface area (Å²) in [6.45, 7) is 10.3. The highest BCUT2D eigenvalue weighted by molar-refractivity contribution is 5.79. The largest absolute Gasteiger partial charge is 0.393 e. The molecule has 2 saturated heterocycles. The van der Waals surface area contributed by atoms with Gasteiger partial charge in [0.15, 0.2) is 5.79 Å². The molecule has 0 unspecified atom stereocenters. The molecule has 4 saturated carbocycles. The van der Waals surface area contributed by atoms with Crippen molar-refractivity contribution in [1.29, 1.82) is 0 Å². The molecule has 2 aliphatic heterocycles. The summed E-state index contributed by atoms with van der Waals surface area (Å²) in [5.41, 5.74) is 0.155. The third-order valence-electron chi connectivity index (χ3n) is 11.9. The number of carbonyl (C=O) groups is 1. The molecule has 6 aliphatic rings. The number of aliphatic hydroxyl groups excluding tert-OH is 1. The van der Waals surface area contributed by atoms with Gasteiger partial charge in [-0.3, -0.25) is 4.79 Å². The first-order valence-electron chi connectivity index (χ1n) is 13.2. The fraction of sp³-hybridized carbons (Fsp3) is 0.963. The second-order valence-corrected chi connectivity index (χ2v) is 13.0. The van der Waals surface area contributed by atoms with Gasteiger partial charge in [-0.1, -0.05) is 27.7 Å². The molecular weight excluding hydrogens is 388 g/mol. The molecule has 0 aromatic carbocycles. The number of rotatable bonds is 0. The van der Waals surface area contributed by atoms with Crippen molar-refractivity contribution < 1.29 is 19.4 Å². The van der Waals surface area contributed by atoms with Gasteiger partial charge < -0.3 is 14.6 Å². The molecule has 0 amide bonds. The van der Waals surface area contributed by atoms with E-state index in [0.717, 1.165) is 45.1 Å². The maximum atomic E-state index is 12.2. The second-order valence-electron chi connectivity index (χ2n) is 13.0. The molecule has 1 N–H and O–H groups in total. The Kier molecular flexibility index (Phi) is 4.62. The molecule has 0 aromatic rings. The van der Waals surface area contributed by atoms with Gasteiger partial charge in [0.25, 0.3) is 0 Å². The highest BCUT2D eigenvalue weighted by atomic mass is 16.7. The molecule has 4 aliphatic carbocycles. The van der Waals surface area contributed by atoms with Gasteiger partial charge in [-0.25, -0.2) is 0 Å². The molecule has 6 fully saturated rings. The SMILES string of the molecule is C[C@H]1CC[C@@]2(OC1)O[C@H]1C[C@H]3[C@@H]4CC[C@H]5CC(=O)CC[C@]5(C)[C@H]4C[C@H](O)[C@]3(C)[C@H]1[C@@H]2C. The summed E-state index contributed by atoms with van der Waals surface area (Å²) in [7, 11) is 0. The van der Waals surface area contributed by atoms with Crippen molar-refractivity contribution >= 4 is 5.78 Å². The molecule has 6 rings (SSSR count). The van der Waals surface area contributed by atoms with Crippen molar-refractivity contribution in [3.05, 3.63) is 0 Å². The number of carbonyl (C=O) groups excluding carboxylic acids is 1. The Bertz CT molecular complexity index is 756. The molecule has 0 aromatic heterocycles. The maximum absolute atomic E-state index is 12.2. The van der Waals surface area contributed by atoms with Crippen LogP contribution in [-0.2, 0) is 14.3 Å². The van der Waals surface area contributed by atoms with E-state index in [2.05, 4.69) is 27.7 Å². The standard InChI is InChI=1S/C27H42O4/c1-15-7-10-27(30-14-15)16(2)24-22(31-27)12-21-19-6-5-17-11-18(28)8-9-25(17,3)20(19)13-23(29)26(21,24)4/h15-17,19-24,29H,5-14H2,1-4H3/t15-,16-,17-,19+,20-,21-,22-,23-,24-,25-,26+,27+/m0/s1. The summed E-state index contributed by atoms with van der Waals surface area (Å²) >= 11 is 0. The van der Waals surface area contributed by atoms with Crippen LogP contribution in [0.5, 0.6) is 0 Å². The molecule has 12 atom stereocenters. The Labute approximate surface area is 187 Å². The zero-order valence-electron chi connectivity index (χ0n) is 19.9. The van der Waals surface area contributed by atoms with Crippen molar-refractivity contribution in [2.24, 2.45) is 52.3 Å². The predicted molar refractivity (Wildman–Crippen MR) is 118 cm³/mol. The molecule has 0 bridgehead atoms. The summed E-state index contributed by atoms with van der Waals surface area (Å²) in [4.78, 5) is 12.2. The van der Waals surface area contributed by atoms with Crippen molar-refractivity contribution in [3.63, 3.8) is 0 Å². The van der Waals surface area contributed by atoms with Crippen LogP contribution in [0.2, 0.25) is 0 Å². The number of Topliss-reactive ketones (excluding diaryl/α,β-unsaturated/α-hetero) is 1. The van der Waals surface area contributed by atoms with E-state index in [1.165, 1.54) is 19.3 Å². The van der Waals surface area contributed by atoms with Crippen LogP contribution < -0.4 is 0 Å². The van der Waals surface area contributed by atoms with E-state index < -0.39 is 5.79 Å². The minimum atomic E-state index is -0.417. The minimum absolute atomic E-state index is 0.0745. The van der Waals surface area contributed by atoms with Gasteiger partial charge in [-0.15, -0.1) is 0 Å². The third-order valence-corrected chi connectivity index (χ3v) is 11.9. The third kappa shape index (κ3) is 2.68. The van der Waals surface area contributed by atoms with Crippen LogP contribution in [0.4, 0.5) is 0 Å². The Balaban J connectivity index is 1.30. The topological polar surface area (TPSA) is 55.8 Å². The van der Waals surface area contributed by atoms with Crippen molar-refractivity contribution in [2.45, 2.75) is 103 Å². The molecule has 1 spiro atoms.